The minimum Gasteiger partial charge on any atom is -0.477 e. The number of allylic oxidation sites excluding steroid dienone is 2. The molecule has 0 fully saturated rings. The molecule has 0 aliphatic rings. The lowest BCUT2D eigenvalue weighted by molar-refractivity contribution is -0.907. The van der Waals surface area contributed by atoms with Crippen LogP contribution in [-0.4, -0.2) is 63.9 Å². The minimum atomic E-state index is -1.17. The van der Waals surface area contributed by atoms with Crippen molar-refractivity contribution < 1.29 is 34.2 Å². The van der Waals surface area contributed by atoms with Gasteiger partial charge in [0, 0.05) is 0 Å². The number of carbonyl (C=O) groups is 3. The van der Waals surface area contributed by atoms with Crippen LogP contribution in [-0.2, 0) is 14.4 Å². The lowest BCUT2D eigenvalue weighted by Crippen LogP contribution is -2.57. The number of aliphatic carboxylic acids is 3. The summed E-state index contributed by atoms with van der Waals surface area (Å²) in [7, 11) is 0. The second-order valence-corrected chi connectivity index (χ2v) is 9.38. The van der Waals surface area contributed by atoms with Gasteiger partial charge in [0.15, 0.2) is 19.6 Å². The molecule has 0 bridgehead atoms. The molecule has 7 heteroatoms. The molecule has 0 unspecified atom stereocenters. The Morgan fingerprint density at radius 3 is 1.15 bits per heavy atom. The molecule has 7 nitrogen and oxygen atoms in total. The monoisotopic (exact) mass is 470 g/mol. The van der Waals surface area contributed by atoms with Gasteiger partial charge in [-0.15, -0.1) is 0 Å². The highest BCUT2D eigenvalue weighted by molar-refractivity contribution is 5.73. The first kappa shape index (κ1) is 31.1. The molecule has 0 saturated carbocycles. The quantitative estimate of drug-likeness (QED) is 0.0923. The summed E-state index contributed by atoms with van der Waals surface area (Å²) in [6.45, 7) is 0.910. The van der Waals surface area contributed by atoms with E-state index in [1.165, 1.54) is 77.0 Å². The average molecular weight is 471 g/mol. The predicted molar refractivity (Wildman–Crippen MR) is 131 cm³/mol. The summed E-state index contributed by atoms with van der Waals surface area (Å²) >= 11 is 0. The molecule has 0 spiro atoms. The fourth-order valence-electron chi connectivity index (χ4n) is 4.44. The Kier molecular flexibility index (Phi) is 19.5. The first-order valence-electron chi connectivity index (χ1n) is 12.9. The van der Waals surface area contributed by atoms with E-state index in [1.807, 2.05) is 0 Å². The molecule has 0 atom stereocenters. The summed E-state index contributed by atoms with van der Waals surface area (Å²) in [5.41, 5.74) is 0. The van der Waals surface area contributed by atoms with Crippen LogP contribution in [0.1, 0.15) is 110 Å². The van der Waals surface area contributed by atoms with Crippen molar-refractivity contribution in [2.24, 2.45) is 0 Å². The predicted octanol–water partition coefficient (Wildman–Crippen LogP) is 5.87. The molecule has 0 aliphatic carbocycles. The number of hydrogen-bond donors (Lipinski definition) is 3. The molecule has 0 aromatic heterocycles. The van der Waals surface area contributed by atoms with E-state index in [1.54, 1.807) is 0 Å². The van der Waals surface area contributed by atoms with Gasteiger partial charge in [0.25, 0.3) is 0 Å². The lowest BCUT2D eigenvalue weighted by atomic mass is 10.0. The summed E-state index contributed by atoms with van der Waals surface area (Å²) in [6, 6.07) is 0. The van der Waals surface area contributed by atoms with Gasteiger partial charge in [-0.2, -0.15) is 0 Å². The smallest absolute Gasteiger partial charge is 0.359 e. The number of carboxylic acids is 3. The van der Waals surface area contributed by atoms with E-state index in [4.69, 9.17) is 15.3 Å². The highest BCUT2D eigenvalue weighted by Gasteiger charge is 2.35. The highest BCUT2D eigenvalue weighted by atomic mass is 16.4. The Balaban J connectivity index is 3.75. The van der Waals surface area contributed by atoms with Gasteiger partial charge in [0.2, 0.25) is 0 Å². The molecule has 0 radical (unpaired) electrons. The van der Waals surface area contributed by atoms with Crippen molar-refractivity contribution in [3.63, 3.8) is 0 Å². The van der Waals surface area contributed by atoms with E-state index in [2.05, 4.69) is 19.1 Å². The standard InChI is InChI=1S/C26H47NO6/c1-2-3-4-5-6-7-8-9-10-11-12-13-14-15-16-17-18-19-20-27(21-24(28)29,22-25(30)31)23-26(32)33/h2-3H,4-23H2,1H3,(H2-,28,29,30,31,32,33)/p+1/b3-2+. The molecule has 33 heavy (non-hydrogen) atoms. The van der Waals surface area contributed by atoms with Gasteiger partial charge >= 0.3 is 17.9 Å². The van der Waals surface area contributed by atoms with Crippen molar-refractivity contribution in [1.29, 1.82) is 0 Å². The van der Waals surface area contributed by atoms with E-state index in [-0.39, 0.29) is 6.54 Å². The van der Waals surface area contributed by atoms with E-state index in [0.29, 0.717) is 6.42 Å². The third kappa shape index (κ3) is 20.4. The largest absolute Gasteiger partial charge is 0.477 e. The fraction of sp³-hybridized carbons (Fsp3) is 0.808. The number of unbranched alkanes of at least 4 members (excludes halogenated alkanes) is 15. The maximum atomic E-state index is 11.2. The van der Waals surface area contributed by atoms with Crippen molar-refractivity contribution in [3.8, 4) is 0 Å². The van der Waals surface area contributed by atoms with Crippen molar-refractivity contribution in [1.82, 2.24) is 0 Å². The maximum Gasteiger partial charge on any atom is 0.359 e. The van der Waals surface area contributed by atoms with Crippen molar-refractivity contribution >= 4 is 17.9 Å². The van der Waals surface area contributed by atoms with Crippen LogP contribution in [0.4, 0.5) is 0 Å². The van der Waals surface area contributed by atoms with Gasteiger partial charge in [-0.05, 0) is 32.6 Å². The highest BCUT2D eigenvalue weighted by Crippen LogP contribution is 2.15. The molecule has 0 aliphatic heterocycles. The third-order valence-corrected chi connectivity index (χ3v) is 6.15. The Labute approximate surface area is 200 Å². The molecule has 3 N–H and O–H groups in total. The van der Waals surface area contributed by atoms with Crippen LogP contribution in [0.5, 0.6) is 0 Å². The third-order valence-electron chi connectivity index (χ3n) is 6.15. The molecule has 0 rings (SSSR count). The van der Waals surface area contributed by atoms with Gasteiger partial charge in [-0.25, -0.2) is 14.4 Å². The molecule has 192 valence electrons. The molecular weight excluding hydrogens is 422 g/mol. The van der Waals surface area contributed by atoms with Crippen LogP contribution in [0.2, 0.25) is 0 Å². The summed E-state index contributed by atoms with van der Waals surface area (Å²) in [5, 5.41) is 27.4. The molecule has 0 aromatic carbocycles. The molecule has 0 aromatic rings. The van der Waals surface area contributed by atoms with Crippen LogP contribution in [0.15, 0.2) is 12.2 Å². The summed E-state index contributed by atoms with van der Waals surface area (Å²) < 4.78 is -0.434. The van der Waals surface area contributed by atoms with Crippen molar-refractivity contribution in [2.75, 3.05) is 26.2 Å². The summed E-state index contributed by atoms with van der Waals surface area (Å²) in [6.07, 6.45) is 23.7. The molecule has 0 saturated heterocycles. The van der Waals surface area contributed by atoms with E-state index in [9.17, 15) is 14.4 Å². The number of carboxylic acid groups (broad SMARTS) is 3. The molecule has 0 heterocycles. The Morgan fingerprint density at radius 1 is 0.545 bits per heavy atom. The van der Waals surface area contributed by atoms with Crippen LogP contribution < -0.4 is 0 Å². The van der Waals surface area contributed by atoms with Gasteiger partial charge in [0.1, 0.15) is 0 Å². The van der Waals surface area contributed by atoms with E-state index < -0.39 is 42.0 Å². The minimum absolute atomic E-state index is 0.265. The molecule has 0 amide bonds. The molecular formula is C26H48NO6+. The summed E-state index contributed by atoms with van der Waals surface area (Å²) in [4.78, 5) is 33.5. The van der Waals surface area contributed by atoms with Crippen LogP contribution in [0, 0.1) is 0 Å². The van der Waals surface area contributed by atoms with Gasteiger partial charge in [-0.1, -0.05) is 89.2 Å². The zero-order chi connectivity index (χ0) is 24.8. The summed E-state index contributed by atoms with van der Waals surface area (Å²) in [5.74, 6) is -3.51. The normalized spacial score (nSPS) is 11.8. The number of rotatable bonds is 24. The number of hydrogen-bond acceptors (Lipinski definition) is 3. The SMILES string of the molecule is C/C=C/CCCCCCCCCCCCCCCCC[N+](CC(=O)O)(CC(=O)O)CC(=O)O. The second kappa shape index (κ2) is 20.7. The number of quaternary nitrogens is 1. The van der Waals surface area contributed by atoms with Gasteiger partial charge in [-0.3, -0.25) is 4.48 Å². The van der Waals surface area contributed by atoms with Crippen LogP contribution in [0.25, 0.3) is 0 Å². The lowest BCUT2D eigenvalue weighted by Gasteiger charge is -2.34. The number of nitrogens with zero attached hydrogens (tertiary/aromatic N) is 1. The van der Waals surface area contributed by atoms with Gasteiger partial charge in [0.05, 0.1) is 6.54 Å². The van der Waals surface area contributed by atoms with Crippen LogP contribution >= 0.6 is 0 Å². The second-order valence-electron chi connectivity index (χ2n) is 9.38. The van der Waals surface area contributed by atoms with E-state index in [0.717, 1.165) is 19.3 Å². The topological polar surface area (TPSA) is 112 Å². The first-order valence-corrected chi connectivity index (χ1v) is 12.9. The van der Waals surface area contributed by atoms with Crippen molar-refractivity contribution in [2.45, 2.75) is 110 Å². The average Bonchev–Trinajstić information content (AvgIpc) is 2.71. The van der Waals surface area contributed by atoms with Crippen molar-refractivity contribution in [3.05, 3.63) is 12.2 Å². The zero-order valence-electron chi connectivity index (χ0n) is 20.8. The van der Waals surface area contributed by atoms with E-state index >= 15 is 0 Å². The maximum absolute atomic E-state index is 11.2. The fourth-order valence-corrected chi connectivity index (χ4v) is 4.44. The zero-order valence-corrected chi connectivity index (χ0v) is 20.8. The van der Waals surface area contributed by atoms with Gasteiger partial charge < -0.3 is 15.3 Å². The van der Waals surface area contributed by atoms with Crippen LogP contribution in [0.3, 0.4) is 0 Å². The Bertz CT molecular complexity index is 520. The Morgan fingerprint density at radius 2 is 0.848 bits per heavy atom. The Hall–Kier alpha value is -1.89. The first-order chi connectivity index (χ1) is 15.8.